The fraction of sp³-hybridized carbons (Fsp3) is 0.286. The van der Waals surface area contributed by atoms with Gasteiger partial charge in [0.25, 0.3) is 5.56 Å². The van der Waals surface area contributed by atoms with E-state index in [0.29, 0.717) is 36.0 Å². The number of amides is 1. The summed E-state index contributed by atoms with van der Waals surface area (Å²) >= 11 is 1.84. The van der Waals surface area contributed by atoms with Gasteiger partial charge in [0, 0.05) is 23.5 Å². The average Bonchev–Trinajstić information content (AvgIpc) is 2.68. The van der Waals surface area contributed by atoms with E-state index in [9.17, 15) is 9.59 Å². The highest BCUT2D eigenvalue weighted by molar-refractivity contribution is 7.99. The monoisotopic (exact) mass is 379 g/mol. The number of nitrogens with zero attached hydrogens (tertiary/aromatic N) is 1. The third-order valence-electron chi connectivity index (χ3n) is 4.77. The molecule has 1 aliphatic heterocycles. The maximum Gasteiger partial charge on any atom is 0.258 e. The lowest BCUT2D eigenvalue weighted by molar-refractivity contribution is -0.122. The summed E-state index contributed by atoms with van der Waals surface area (Å²) in [7, 11) is 0. The number of fused-ring (bicyclic) bond motifs is 2. The van der Waals surface area contributed by atoms with Crippen molar-refractivity contribution >= 4 is 28.6 Å². The maximum atomic E-state index is 12.4. The Balaban J connectivity index is 1.35. The van der Waals surface area contributed by atoms with Crippen molar-refractivity contribution in [2.24, 2.45) is 0 Å². The second-order valence-corrected chi connectivity index (χ2v) is 7.82. The van der Waals surface area contributed by atoms with Crippen LogP contribution >= 0.6 is 11.8 Å². The first-order valence-electron chi connectivity index (χ1n) is 9.20. The number of hydrogen-bond acceptors (Lipinski definition) is 4. The smallest absolute Gasteiger partial charge is 0.258 e. The molecule has 1 amide bonds. The molecule has 0 aliphatic carbocycles. The van der Waals surface area contributed by atoms with Crippen LogP contribution in [0.4, 0.5) is 0 Å². The average molecular weight is 379 g/mol. The zero-order valence-corrected chi connectivity index (χ0v) is 15.7. The topological polar surface area (TPSA) is 74.8 Å². The lowest BCUT2D eigenvalue weighted by atomic mass is 10.0. The Morgan fingerprint density at radius 2 is 2.00 bits per heavy atom. The lowest BCUT2D eigenvalue weighted by Gasteiger charge is -2.25. The predicted octanol–water partition coefficient (Wildman–Crippen LogP) is 3.60. The molecule has 5 nitrogen and oxygen atoms in total. The van der Waals surface area contributed by atoms with E-state index < -0.39 is 0 Å². The van der Waals surface area contributed by atoms with Gasteiger partial charge in [-0.3, -0.25) is 9.59 Å². The zero-order chi connectivity index (χ0) is 18.6. The van der Waals surface area contributed by atoms with Gasteiger partial charge in [0.15, 0.2) is 0 Å². The number of thioether (sulfide) groups is 1. The first-order valence-corrected chi connectivity index (χ1v) is 10.2. The second kappa shape index (κ2) is 7.96. The van der Waals surface area contributed by atoms with Gasteiger partial charge in [0.05, 0.1) is 16.9 Å². The third-order valence-corrected chi connectivity index (χ3v) is 5.90. The van der Waals surface area contributed by atoms with Gasteiger partial charge >= 0.3 is 0 Å². The standard InChI is InChI=1S/C21H21N3O2S/c25-20(23-17-12-13-27-18-9-4-2-6-14(17)18)11-5-10-19-22-16-8-3-1-7-15(16)21(26)24-19/h1-4,6-9,17H,5,10-13H2,(H,23,25)(H,22,24,26). The molecule has 4 rings (SSSR count). The highest BCUT2D eigenvalue weighted by Gasteiger charge is 2.21. The highest BCUT2D eigenvalue weighted by Crippen LogP contribution is 2.35. The number of carbonyl (C=O) groups excluding carboxylic acids is 1. The van der Waals surface area contributed by atoms with Crippen LogP contribution in [0.2, 0.25) is 0 Å². The SMILES string of the molecule is O=C(CCCc1nc2ccccc2c(=O)[nH]1)NC1CCSc2ccccc21. The van der Waals surface area contributed by atoms with E-state index in [0.717, 1.165) is 12.2 Å². The molecule has 0 spiro atoms. The van der Waals surface area contributed by atoms with E-state index in [-0.39, 0.29) is 17.5 Å². The van der Waals surface area contributed by atoms with Crippen LogP contribution in [-0.4, -0.2) is 21.6 Å². The minimum Gasteiger partial charge on any atom is -0.349 e. The summed E-state index contributed by atoms with van der Waals surface area (Å²) in [6.45, 7) is 0. The number of aryl methyl sites for hydroxylation is 1. The van der Waals surface area contributed by atoms with Crippen molar-refractivity contribution in [3.05, 3.63) is 70.3 Å². The van der Waals surface area contributed by atoms with Gasteiger partial charge in [-0.2, -0.15) is 0 Å². The minimum atomic E-state index is -0.128. The van der Waals surface area contributed by atoms with Crippen LogP contribution < -0.4 is 10.9 Å². The number of rotatable bonds is 5. The van der Waals surface area contributed by atoms with E-state index in [1.54, 1.807) is 6.07 Å². The summed E-state index contributed by atoms with van der Waals surface area (Å²) in [5.74, 6) is 1.69. The van der Waals surface area contributed by atoms with Crippen molar-refractivity contribution in [2.45, 2.75) is 36.6 Å². The van der Waals surface area contributed by atoms with Gasteiger partial charge in [-0.15, -0.1) is 11.8 Å². The highest BCUT2D eigenvalue weighted by atomic mass is 32.2. The lowest BCUT2D eigenvalue weighted by Crippen LogP contribution is -2.30. The molecule has 3 aromatic rings. The Morgan fingerprint density at radius 1 is 1.19 bits per heavy atom. The molecule has 0 radical (unpaired) electrons. The number of para-hydroxylation sites is 1. The Kier molecular flexibility index (Phi) is 5.25. The maximum absolute atomic E-state index is 12.4. The molecule has 2 heterocycles. The molecule has 1 aliphatic rings. The number of carbonyl (C=O) groups is 1. The molecule has 1 atom stereocenters. The molecule has 2 aromatic carbocycles. The van der Waals surface area contributed by atoms with E-state index in [1.165, 1.54) is 10.5 Å². The Bertz CT molecular complexity index is 1030. The Morgan fingerprint density at radius 3 is 2.93 bits per heavy atom. The van der Waals surface area contributed by atoms with Crippen molar-refractivity contribution < 1.29 is 4.79 Å². The number of H-pyrrole nitrogens is 1. The summed E-state index contributed by atoms with van der Waals surface area (Å²) in [4.78, 5) is 33.0. The van der Waals surface area contributed by atoms with Crippen LogP contribution in [-0.2, 0) is 11.2 Å². The molecule has 1 aromatic heterocycles. The van der Waals surface area contributed by atoms with Crippen molar-refractivity contribution in [1.82, 2.24) is 15.3 Å². The second-order valence-electron chi connectivity index (χ2n) is 6.68. The van der Waals surface area contributed by atoms with Crippen molar-refractivity contribution in [3.63, 3.8) is 0 Å². The van der Waals surface area contributed by atoms with E-state index in [2.05, 4.69) is 27.4 Å². The van der Waals surface area contributed by atoms with Crippen LogP contribution in [0.15, 0.2) is 58.2 Å². The van der Waals surface area contributed by atoms with Crippen LogP contribution in [0.25, 0.3) is 10.9 Å². The van der Waals surface area contributed by atoms with Crippen LogP contribution in [0, 0.1) is 0 Å². The molecule has 6 heteroatoms. The molecule has 138 valence electrons. The number of aromatic amines is 1. The normalized spacial score (nSPS) is 16.1. The zero-order valence-electron chi connectivity index (χ0n) is 14.9. The molecule has 0 saturated heterocycles. The molecule has 1 unspecified atom stereocenters. The molecule has 0 fully saturated rings. The summed E-state index contributed by atoms with van der Waals surface area (Å²) in [6, 6.07) is 15.6. The Labute approximate surface area is 161 Å². The van der Waals surface area contributed by atoms with Gasteiger partial charge < -0.3 is 10.3 Å². The van der Waals surface area contributed by atoms with Crippen molar-refractivity contribution in [2.75, 3.05) is 5.75 Å². The molecule has 27 heavy (non-hydrogen) atoms. The van der Waals surface area contributed by atoms with Gasteiger partial charge in [0.1, 0.15) is 5.82 Å². The van der Waals surface area contributed by atoms with Crippen molar-refractivity contribution in [1.29, 1.82) is 0 Å². The molecular weight excluding hydrogens is 358 g/mol. The summed E-state index contributed by atoms with van der Waals surface area (Å²) in [6.07, 6.45) is 2.59. The minimum absolute atomic E-state index is 0.0461. The number of nitrogens with one attached hydrogen (secondary N) is 2. The van der Waals surface area contributed by atoms with E-state index >= 15 is 0 Å². The molecule has 0 saturated carbocycles. The van der Waals surface area contributed by atoms with Gasteiger partial charge in [-0.05, 0) is 36.6 Å². The first-order chi connectivity index (χ1) is 13.2. The summed E-state index contributed by atoms with van der Waals surface area (Å²) in [5, 5.41) is 3.75. The third kappa shape index (κ3) is 4.06. The predicted molar refractivity (Wildman–Crippen MR) is 108 cm³/mol. The molecular formula is C21H21N3O2S. The fourth-order valence-electron chi connectivity index (χ4n) is 3.43. The number of hydrogen-bond donors (Lipinski definition) is 2. The largest absolute Gasteiger partial charge is 0.349 e. The Hall–Kier alpha value is -2.60. The molecule has 0 bridgehead atoms. The van der Waals surface area contributed by atoms with Crippen LogP contribution in [0.1, 0.15) is 36.7 Å². The van der Waals surface area contributed by atoms with Crippen LogP contribution in [0.5, 0.6) is 0 Å². The first kappa shape index (κ1) is 17.8. The summed E-state index contributed by atoms with van der Waals surface area (Å²) < 4.78 is 0. The summed E-state index contributed by atoms with van der Waals surface area (Å²) in [5.41, 5.74) is 1.77. The van der Waals surface area contributed by atoms with Gasteiger partial charge in [-0.25, -0.2) is 4.98 Å². The quantitative estimate of drug-likeness (QED) is 0.710. The number of aromatic nitrogens is 2. The fourth-order valence-corrected chi connectivity index (χ4v) is 4.55. The van der Waals surface area contributed by atoms with E-state index in [1.807, 2.05) is 42.1 Å². The van der Waals surface area contributed by atoms with Crippen molar-refractivity contribution in [3.8, 4) is 0 Å². The molecule has 2 N–H and O–H groups in total. The number of benzene rings is 2. The van der Waals surface area contributed by atoms with Gasteiger partial charge in [0.2, 0.25) is 5.91 Å². The van der Waals surface area contributed by atoms with Gasteiger partial charge in [-0.1, -0.05) is 30.3 Å². The van der Waals surface area contributed by atoms with Crippen LogP contribution in [0.3, 0.4) is 0 Å². The van der Waals surface area contributed by atoms with E-state index in [4.69, 9.17) is 0 Å².